The normalized spacial score (nSPS) is 23.2. The van der Waals surface area contributed by atoms with Crippen molar-refractivity contribution in [1.82, 2.24) is 5.32 Å². The van der Waals surface area contributed by atoms with Crippen LogP contribution in [0, 0.1) is 11.8 Å². The Labute approximate surface area is 153 Å². The number of halogens is 1. The van der Waals surface area contributed by atoms with Gasteiger partial charge >= 0.3 is 0 Å². The zero-order valence-electron chi connectivity index (χ0n) is 16.3. The van der Waals surface area contributed by atoms with E-state index in [1.165, 1.54) is 19.3 Å². The predicted octanol–water partition coefficient (Wildman–Crippen LogP) is 5.91. The number of hydrogen-bond donors (Lipinski definition) is 1. The molecule has 3 atom stereocenters. The molecule has 1 N–H and O–H groups in total. The van der Waals surface area contributed by atoms with Crippen LogP contribution in [0.2, 0.25) is 0 Å². The fourth-order valence-corrected chi connectivity index (χ4v) is 3.16. The molecule has 25 heavy (non-hydrogen) atoms. The van der Waals surface area contributed by atoms with Gasteiger partial charge in [-0.15, -0.1) is 0 Å². The highest BCUT2D eigenvalue weighted by molar-refractivity contribution is 5.76. The van der Waals surface area contributed by atoms with Crippen molar-refractivity contribution in [2.24, 2.45) is 11.8 Å². The topological polar surface area (TPSA) is 29.1 Å². The molecule has 0 aromatic carbocycles. The maximum Gasteiger partial charge on any atom is 0.220 e. The van der Waals surface area contributed by atoms with Crippen molar-refractivity contribution >= 4 is 5.91 Å². The fourth-order valence-electron chi connectivity index (χ4n) is 3.16. The van der Waals surface area contributed by atoms with Crippen LogP contribution < -0.4 is 5.32 Å². The lowest BCUT2D eigenvalue weighted by Crippen LogP contribution is -2.24. The number of rotatable bonds is 11. The van der Waals surface area contributed by atoms with Crippen molar-refractivity contribution in [3.63, 3.8) is 0 Å². The van der Waals surface area contributed by atoms with Crippen molar-refractivity contribution in [3.05, 3.63) is 36.5 Å². The van der Waals surface area contributed by atoms with Crippen molar-refractivity contribution < 1.29 is 9.18 Å². The number of nitrogens with one attached hydrogen (secondary N) is 1. The summed E-state index contributed by atoms with van der Waals surface area (Å²) in [6.07, 6.45) is 15.9. The largest absolute Gasteiger partial charge is 0.352 e. The van der Waals surface area contributed by atoms with Gasteiger partial charge in [0, 0.05) is 13.0 Å². The summed E-state index contributed by atoms with van der Waals surface area (Å²) in [4.78, 5) is 11.6. The molecule has 1 saturated carbocycles. The van der Waals surface area contributed by atoms with Crippen LogP contribution in [0.15, 0.2) is 36.5 Å². The van der Waals surface area contributed by atoms with E-state index in [9.17, 15) is 9.18 Å². The Morgan fingerprint density at radius 1 is 1.36 bits per heavy atom. The van der Waals surface area contributed by atoms with Gasteiger partial charge in [0.15, 0.2) is 0 Å². The van der Waals surface area contributed by atoms with Crippen molar-refractivity contribution in [3.8, 4) is 0 Å². The lowest BCUT2D eigenvalue weighted by Gasteiger charge is -2.17. The average molecular weight is 350 g/mol. The van der Waals surface area contributed by atoms with Gasteiger partial charge in [0.25, 0.3) is 0 Å². The summed E-state index contributed by atoms with van der Waals surface area (Å²) in [5, 5.41) is 2.85. The molecule has 0 aliphatic heterocycles. The third kappa shape index (κ3) is 9.62. The summed E-state index contributed by atoms with van der Waals surface area (Å²) in [5.74, 6) is 1.25. The highest BCUT2D eigenvalue weighted by Gasteiger charge is 2.25. The first-order chi connectivity index (χ1) is 11.8. The second-order valence-electron chi connectivity index (χ2n) is 7.68. The van der Waals surface area contributed by atoms with Gasteiger partial charge in [-0.2, -0.15) is 0 Å². The number of amides is 1. The van der Waals surface area contributed by atoms with Gasteiger partial charge in [-0.3, -0.25) is 4.79 Å². The highest BCUT2D eigenvalue weighted by atomic mass is 19.1. The van der Waals surface area contributed by atoms with E-state index < -0.39 is 5.67 Å². The van der Waals surface area contributed by atoms with Crippen LogP contribution in [-0.2, 0) is 4.79 Å². The van der Waals surface area contributed by atoms with Gasteiger partial charge < -0.3 is 5.32 Å². The van der Waals surface area contributed by atoms with E-state index >= 15 is 0 Å². The molecule has 1 aliphatic carbocycles. The molecule has 142 valence electrons. The van der Waals surface area contributed by atoms with Crippen LogP contribution in [0.4, 0.5) is 4.39 Å². The van der Waals surface area contributed by atoms with Crippen molar-refractivity contribution in [2.45, 2.75) is 77.8 Å². The number of unbranched alkanes of at least 4 members (excludes halogenated alkanes) is 1. The van der Waals surface area contributed by atoms with E-state index in [0.717, 1.165) is 24.8 Å². The van der Waals surface area contributed by atoms with Gasteiger partial charge in [0.1, 0.15) is 5.67 Å². The lowest BCUT2D eigenvalue weighted by molar-refractivity contribution is -0.121. The van der Waals surface area contributed by atoms with Crippen molar-refractivity contribution in [1.29, 1.82) is 0 Å². The SMILES string of the molecule is C=C(C)CNC(=O)CCC/C=C\C[C@H]1CCCC1/C=C/C(C)(F)CC. The minimum absolute atomic E-state index is 0.0996. The number of hydrogen-bond acceptors (Lipinski definition) is 1. The van der Waals surface area contributed by atoms with Crippen molar-refractivity contribution in [2.75, 3.05) is 6.54 Å². The minimum Gasteiger partial charge on any atom is -0.352 e. The first kappa shape index (κ1) is 21.7. The maximum atomic E-state index is 14.0. The Morgan fingerprint density at radius 2 is 2.12 bits per heavy atom. The molecule has 0 spiro atoms. The zero-order chi connectivity index (χ0) is 18.7. The van der Waals surface area contributed by atoms with E-state index in [1.807, 2.05) is 13.8 Å². The molecule has 1 amide bonds. The van der Waals surface area contributed by atoms with E-state index in [2.05, 4.69) is 30.1 Å². The lowest BCUT2D eigenvalue weighted by atomic mass is 9.90. The van der Waals surface area contributed by atoms with E-state index in [4.69, 9.17) is 0 Å². The summed E-state index contributed by atoms with van der Waals surface area (Å²) >= 11 is 0. The van der Waals surface area contributed by atoms with Crippen LogP contribution in [0.25, 0.3) is 0 Å². The van der Waals surface area contributed by atoms with Gasteiger partial charge in [0.05, 0.1) is 0 Å². The minimum atomic E-state index is -1.17. The van der Waals surface area contributed by atoms with Crippen LogP contribution in [-0.4, -0.2) is 18.1 Å². The van der Waals surface area contributed by atoms with Crippen LogP contribution in [0.5, 0.6) is 0 Å². The second-order valence-corrected chi connectivity index (χ2v) is 7.68. The van der Waals surface area contributed by atoms with E-state index in [-0.39, 0.29) is 5.91 Å². The van der Waals surface area contributed by atoms with Gasteiger partial charge in [0.2, 0.25) is 5.91 Å². The number of allylic oxidation sites excluding steroid dienone is 4. The average Bonchev–Trinajstić information content (AvgIpc) is 3.01. The van der Waals surface area contributed by atoms with Gasteiger partial charge in [-0.05, 0) is 64.2 Å². The summed E-state index contributed by atoms with van der Waals surface area (Å²) < 4.78 is 14.0. The predicted molar refractivity (Wildman–Crippen MR) is 105 cm³/mol. The standard InChI is InChI=1S/C22H36FNO/c1-5-22(4,23)16-15-20-13-10-12-19(20)11-8-6-7-9-14-21(25)24-17-18(2)3/h6,8,15-16,19-20H,2,5,7,9-14,17H2,1,3-4H3,(H,24,25)/b8-6-,16-15+/t19-,20?,22?/m0/s1. The number of carbonyl (C=O) groups is 1. The van der Waals surface area contributed by atoms with Crippen LogP contribution >= 0.6 is 0 Å². The first-order valence-electron chi connectivity index (χ1n) is 9.78. The Bertz CT molecular complexity index is 478. The Hall–Kier alpha value is -1.38. The van der Waals surface area contributed by atoms with Crippen LogP contribution in [0.3, 0.4) is 0 Å². The summed E-state index contributed by atoms with van der Waals surface area (Å²) in [6.45, 7) is 9.79. The first-order valence-corrected chi connectivity index (χ1v) is 9.78. The van der Waals surface area contributed by atoms with Gasteiger partial charge in [-0.25, -0.2) is 4.39 Å². The molecular formula is C22H36FNO. The quantitative estimate of drug-likeness (QED) is 0.365. The monoisotopic (exact) mass is 349 g/mol. The van der Waals surface area contributed by atoms with E-state index in [0.29, 0.717) is 31.2 Å². The van der Waals surface area contributed by atoms with E-state index in [1.54, 1.807) is 13.0 Å². The molecule has 0 radical (unpaired) electrons. The summed E-state index contributed by atoms with van der Waals surface area (Å²) in [6, 6.07) is 0. The van der Waals surface area contributed by atoms with Crippen LogP contribution in [0.1, 0.15) is 72.1 Å². The Kier molecular flexibility index (Phi) is 9.77. The second kappa shape index (κ2) is 11.3. The Balaban J connectivity index is 2.24. The van der Waals surface area contributed by atoms with Gasteiger partial charge in [-0.1, -0.05) is 49.8 Å². The fraction of sp³-hybridized carbons (Fsp3) is 0.682. The molecule has 0 aromatic heterocycles. The number of alkyl halides is 1. The molecule has 2 nitrogen and oxygen atoms in total. The molecule has 1 fully saturated rings. The highest BCUT2D eigenvalue weighted by Crippen LogP contribution is 2.36. The summed E-state index contributed by atoms with van der Waals surface area (Å²) in [5.41, 5.74) is -0.200. The molecule has 0 saturated heterocycles. The smallest absolute Gasteiger partial charge is 0.220 e. The third-order valence-electron chi connectivity index (χ3n) is 5.07. The number of carbonyl (C=O) groups excluding carboxylic acids is 1. The Morgan fingerprint density at radius 3 is 2.80 bits per heavy atom. The molecule has 1 aliphatic rings. The molecule has 0 heterocycles. The molecule has 0 aromatic rings. The zero-order valence-corrected chi connectivity index (χ0v) is 16.3. The summed E-state index contributed by atoms with van der Waals surface area (Å²) in [7, 11) is 0. The molecule has 3 heteroatoms. The molecule has 2 unspecified atom stereocenters. The molecule has 0 bridgehead atoms. The maximum absolute atomic E-state index is 14.0. The third-order valence-corrected chi connectivity index (χ3v) is 5.07. The molecule has 1 rings (SSSR count). The molecular weight excluding hydrogens is 313 g/mol.